The molecule has 64 heavy (non-hydrogen) atoms. The quantitative estimate of drug-likeness (QED) is 0.0321. The number of amides is 1. The van der Waals surface area contributed by atoms with Crippen LogP contribution in [0.4, 0.5) is 0 Å². The van der Waals surface area contributed by atoms with Gasteiger partial charge in [-0.2, -0.15) is 0 Å². The first-order valence-electron chi connectivity index (χ1n) is 28.9. The number of ether oxygens (including phenoxy) is 1. The molecule has 0 aromatic rings. The van der Waals surface area contributed by atoms with E-state index in [9.17, 15) is 19.8 Å². The van der Waals surface area contributed by atoms with Crippen molar-refractivity contribution in [3.63, 3.8) is 0 Å². The Kier molecular flexibility index (Phi) is 53.0. The van der Waals surface area contributed by atoms with Crippen molar-refractivity contribution >= 4 is 11.9 Å². The minimum atomic E-state index is -0.671. The second-order valence-electron chi connectivity index (χ2n) is 20.0. The number of hydrogen-bond donors (Lipinski definition) is 3. The lowest BCUT2D eigenvalue weighted by Gasteiger charge is -2.22. The molecule has 0 aliphatic rings. The van der Waals surface area contributed by atoms with Crippen LogP contribution in [-0.4, -0.2) is 47.4 Å². The van der Waals surface area contributed by atoms with Crippen molar-refractivity contribution in [3.8, 4) is 0 Å². The van der Waals surface area contributed by atoms with E-state index in [0.717, 1.165) is 51.4 Å². The van der Waals surface area contributed by atoms with Gasteiger partial charge in [-0.05, 0) is 51.4 Å². The Balaban J connectivity index is 3.43. The molecule has 0 heterocycles. The molecule has 0 rings (SSSR count). The van der Waals surface area contributed by atoms with E-state index in [2.05, 4.69) is 31.3 Å². The van der Waals surface area contributed by atoms with Crippen LogP contribution in [0.2, 0.25) is 0 Å². The number of carbonyl (C=O) groups excluding carboxylic acids is 2. The third-order valence-corrected chi connectivity index (χ3v) is 13.6. The molecule has 6 heteroatoms. The Bertz CT molecular complexity index is 955. The Hall–Kier alpha value is -1.40. The molecule has 3 N–H and O–H groups in total. The molecule has 0 radical (unpaired) electrons. The molecule has 0 aromatic heterocycles. The van der Waals surface area contributed by atoms with Gasteiger partial charge in [0.15, 0.2) is 0 Å². The van der Waals surface area contributed by atoms with Crippen LogP contribution in [0.3, 0.4) is 0 Å². The maximum Gasteiger partial charge on any atom is 0.305 e. The zero-order chi connectivity index (χ0) is 46.5. The van der Waals surface area contributed by atoms with Gasteiger partial charge in [-0.25, -0.2) is 0 Å². The van der Waals surface area contributed by atoms with Crippen molar-refractivity contribution in [2.75, 3.05) is 13.2 Å². The van der Waals surface area contributed by atoms with Gasteiger partial charge in [-0.3, -0.25) is 9.59 Å². The first-order valence-corrected chi connectivity index (χ1v) is 28.9. The molecule has 0 saturated heterocycles. The van der Waals surface area contributed by atoms with Gasteiger partial charge in [-0.15, -0.1) is 0 Å². The topological polar surface area (TPSA) is 95.9 Å². The Labute approximate surface area is 399 Å². The number of carbonyl (C=O) groups is 2. The van der Waals surface area contributed by atoms with E-state index in [0.29, 0.717) is 25.9 Å². The highest BCUT2D eigenvalue weighted by atomic mass is 16.5. The number of aliphatic hydroxyl groups excluding tert-OH is 2. The second kappa shape index (κ2) is 54.2. The van der Waals surface area contributed by atoms with Gasteiger partial charge >= 0.3 is 5.97 Å². The number of unbranched alkanes of at least 4 members (excludes halogenated alkanes) is 41. The summed E-state index contributed by atoms with van der Waals surface area (Å²) in [7, 11) is 0. The molecule has 0 spiro atoms. The van der Waals surface area contributed by atoms with Crippen LogP contribution in [0.15, 0.2) is 12.2 Å². The largest absolute Gasteiger partial charge is 0.466 e. The third-order valence-electron chi connectivity index (χ3n) is 13.6. The fourth-order valence-electron chi connectivity index (χ4n) is 9.11. The van der Waals surface area contributed by atoms with Gasteiger partial charge in [0.1, 0.15) is 0 Å². The highest BCUT2D eigenvalue weighted by Crippen LogP contribution is 2.17. The molecular formula is C58H113NO5. The van der Waals surface area contributed by atoms with E-state index in [1.807, 2.05) is 0 Å². The molecule has 6 nitrogen and oxygen atoms in total. The van der Waals surface area contributed by atoms with Crippen molar-refractivity contribution in [2.24, 2.45) is 0 Å². The van der Waals surface area contributed by atoms with Crippen molar-refractivity contribution in [3.05, 3.63) is 12.2 Å². The summed E-state index contributed by atoms with van der Waals surface area (Å²) in [5, 5.41) is 23.2. The molecule has 0 aliphatic carbocycles. The lowest BCUT2D eigenvalue weighted by Crippen LogP contribution is -2.45. The van der Waals surface area contributed by atoms with Crippen LogP contribution in [0.1, 0.15) is 322 Å². The maximum atomic E-state index is 12.5. The van der Waals surface area contributed by atoms with Gasteiger partial charge in [-0.1, -0.05) is 270 Å². The minimum Gasteiger partial charge on any atom is -0.466 e. The average molecular weight is 905 g/mol. The molecule has 2 atom stereocenters. The standard InChI is InChI=1S/C58H113NO5/c1-3-5-7-9-11-13-15-17-19-24-28-32-36-40-44-48-52-58(63)64-53-49-45-41-37-33-29-25-22-20-21-23-27-31-35-39-43-47-51-57(62)59-55(54-60)56(61)50-46-42-38-34-30-26-18-16-14-12-10-8-6-4-2/h20,22,55-56,60-61H,3-19,21,23-54H2,1-2H3,(H,59,62)/b22-20-. The zero-order valence-corrected chi connectivity index (χ0v) is 43.3. The van der Waals surface area contributed by atoms with Crippen molar-refractivity contribution in [1.82, 2.24) is 5.32 Å². The van der Waals surface area contributed by atoms with E-state index in [-0.39, 0.29) is 18.5 Å². The SMILES string of the molecule is CCCCCCCCCCCCCCCCCCC(=O)OCCCCCCCC/C=C\CCCCCCCCCC(=O)NC(CO)C(O)CCCCCCCCCCCCCCCC. The number of hydrogen-bond acceptors (Lipinski definition) is 5. The van der Waals surface area contributed by atoms with Gasteiger partial charge in [0.2, 0.25) is 5.91 Å². The van der Waals surface area contributed by atoms with Gasteiger partial charge < -0.3 is 20.3 Å². The van der Waals surface area contributed by atoms with Gasteiger partial charge in [0.25, 0.3) is 0 Å². The number of esters is 1. The molecule has 0 bridgehead atoms. The fourth-order valence-corrected chi connectivity index (χ4v) is 9.11. The van der Waals surface area contributed by atoms with E-state index in [1.54, 1.807) is 0 Å². The number of rotatable bonds is 54. The lowest BCUT2D eigenvalue weighted by molar-refractivity contribution is -0.143. The van der Waals surface area contributed by atoms with Crippen molar-refractivity contribution in [1.29, 1.82) is 0 Å². The molecule has 2 unspecified atom stereocenters. The summed E-state index contributed by atoms with van der Waals surface area (Å²) in [5.41, 5.74) is 0. The summed E-state index contributed by atoms with van der Waals surface area (Å²) in [6, 6.07) is -0.549. The summed E-state index contributed by atoms with van der Waals surface area (Å²) in [4.78, 5) is 24.5. The molecule has 0 aliphatic heterocycles. The van der Waals surface area contributed by atoms with E-state index in [1.165, 1.54) is 238 Å². The summed E-state index contributed by atoms with van der Waals surface area (Å²) >= 11 is 0. The smallest absolute Gasteiger partial charge is 0.305 e. The van der Waals surface area contributed by atoms with Gasteiger partial charge in [0.05, 0.1) is 25.4 Å². The molecule has 0 saturated carbocycles. The molecule has 380 valence electrons. The monoisotopic (exact) mass is 904 g/mol. The first-order chi connectivity index (χ1) is 31.5. The summed E-state index contributed by atoms with van der Waals surface area (Å²) in [6.45, 7) is 4.95. The first kappa shape index (κ1) is 62.6. The molecular weight excluding hydrogens is 791 g/mol. The predicted octanol–water partition coefficient (Wildman–Crippen LogP) is 17.7. The average Bonchev–Trinajstić information content (AvgIpc) is 3.29. The Morgan fingerprint density at radius 2 is 0.734 bits per heavy atom. The number of nitrogens with one attached hydrogen (secondary N) is 1. The van der Waals surface area contributed by atoms with Crippen LogP contribution >= 0.6 is 0 Å². The van der Waals surface area contributed by atoms with Gasteiger partial charge in [0, 0.05) is 12.8 Å². The number of allylic oxidation sites excluding steroid dienone is 2. The second-order valence-corrected chi connectivity index (χ2v) is 20.0. The Morgan fingerprint density at radius 3 is 1.11 bits per heavy atom. The van der Waals surface area contributed by atoms with Crippen LogP contribution in [0.25, 0.3) is 0 Å². The minimum absolute atomic E-state index is 0.00215. The zero-order valence-electron chi connectivity index (χ0n) is 43.3. The normalized spacial score (nSPS) is 12.6. The summed E-state index contributed by atoms with van der Waals surface area (Å²) < 4.78 is 5.48. The third kappa shape index (κ3) is 50.0. The van der Waals surface area contributed by atoms with Crippen molar-refractivity contribution < 1.29 is 24.5 Å². The summed E-state index contributed by atoms with van der Waals surface area (Å²) in [5.74, 6) is -0.0432. The number of aliphatic hydroxyl groups is 2. The Morgan fingerprint density at radius 1 is 0.422 bits per heavy atom. The van der Waals surface area contributed by atoms with Crippen LogP contribution in [0.5, 0.6) is 0 Å². The molecule has 1 amide bonds. The van der Waals surface area contributed by atoms with Crippen LogP contribution < -0.4 is 5.32 Å². The highest BCUT2D eigenvalue weighted by Gasteiger charge is 2.20. The van der Waals surface area contributed by atoms with E-state index < -0.39 is 12.1 Å². The van der Waals surface area contributed by atoms with E-state index >= 15 is 0 Å². The predicted molar refractivity (Wildman–Crippen MR) is 278 cm³/mol. The lowest BCUT2D eigenvalue weighted by atomic mass is 10.0. The summed E-state index contributed by atoms with van der Waals surface area (Å²) in [6.07, 6.45) is 63.4. The van der Waals surface area contributed by atoms with Crippen molar-refractivity contribution in [2.45, 2.75) is 334 Å². The fraction of sp³-hybridized carbons (Fsp3) is 0.931. The highest BCUT2D eigenvalue weighted by molar-refractivity contribution is 5.76. The maximum absolute atomic E-state index is 12.5. The van der Waals surface area contributed by atoms with E-state index in [4.69, 9.17) is 4.74 Å². The van der Waals surface area contributed by atoms with Crippen LogP contribution in [0, 0.1) is 0 Å². The molecule has 0 aromatic carbocycles. The van der Waals surface area contributed by atoms with Crippen LogP contribution in [-0.2, 0) is 14.3 Å². The molecule has 0 fully saturated rings.